The van der Waals surface area contributed by atoms with Gasteiger partial charge in [0.1, 0.15) is 18.0 Å². The highest BCUT2D eigenvalue weighted by Crippen LogP contribution is 2.25. The summed E-state index contributed by atoms with van der Waals surface area (Å²) in [4.78, 5) is 39.3. The molecule has 5 N–H and O–H groups in total. The molecular formula is C27H27N7O4. The predicted octanol–water partition coefficient (Wildman–Crippen LogP) is 3.05. The fourth-order valence-corrected chi connectivity index (χ4v) is 4.42. The first kappa shape index (κ1) is 24.9. The smallest absolute Gasteiger partial charge is 0.410 e. The minimum atomic E-state index is -0.671. The summed E-state index contributed by atoms with van der Waals surface area (Å²) in [7, 11) is 0. The molecule has 1 saturated heterocycles. The summed E-state index contributed by atoms with van der Waals surface area (Å²) in [5.41, 5.74) is 8.10. The van der Waals surface area contributed by atoms with E-state index in [-0.39, 0.29) is 36.6 Å². The van der Waals surface area contributed by atoms with Crippen LogP contribution in [0.2, 0.25) is 0 Å². The molecule has 0 unspecified atom stereocenters. The normalized spacial score (nSPS) is 16.8. The fourth-order valence-electron chi connectivity index (χ4n) is 4.42. The van der Waals surface area contributed by atoms with Gasteiger partial charge >= 0.3 is 6.09 Å². The molecule has 0 aliphatic carbocycles. The van der Waals surface area contributed by atoms with Crippen molar-refractivity contribution in [2.75, 3.05) is 23.8 Å². The van der Waals surface area contributed by atoms with Crippen LogP contribution in [0.25, 0.3) is 10.9 Å². The van der Waals surface area contributed by atoms with E-state index < -0.39 is 18.0 Å². The second-order valence-corrected chi connectivity index (χ2v) is 8.96. The summed E-state index contributed by atoms with van der Waals surface area (Å²) in [5, 5.41) is 17.1. The Kier molecular flexibility index (Phi) is 7.27. The molecule has 1 fully saturated rings. The third kappa shape index (κ3) is 5.62. The third-order valence-corrected chi connectivity index (χ3v) is 6.32. The van der Waals surface area contributed by atoms with Crippen LogP contribution >= 0.6 is 0 Å². The Bertz CT molecular complexity index is 1450. The van der Waals surface area contributed by atoms with Gasteiger partial charge in [0, 0.05) is 36.1 Å². The van der Waals surface area contributed by atoms with Crippen LogP contribution in [0.3, 0.4) is 0 Å². The van der Waals surface area contributed by atoms with Gasteiger partial charge in [0.25, 0.3) is 5.91 Å². The summed E-state index contributed by atoms with van der Waals surface area (Å²) in [6, 6.07) is 18.1. The van der Waals surface area contributed by atoms with E-state index in [1.165, 1.54) is 11.1 Å². The van der Waals surface area contributed by atoms with Crippen molar-refractivity contribution >= 4 is 40.4 Å². The van der Waals surface area contributed by atoms with E-state index >= 15 is 0 Å². The van der Waals surface area contributed by atoms with Gasteiger partial charge in [0.05, 0.1) is 18.2 Å². The molecule has 1 aliphatic heterocycles. The Labute approximate surface area is 218 Å². The zero-order chi connectivity index (χ0) is 26.5. The second kappa shape index (κ2) is 11.1. The predicted molar refractivity (Wildman–Crippen MR) is 142 cm³/mol. The maximum Gasteiger partial charge on any atom is 0.410 e. The van der Waals surface area contributed by atoms with Gasteiger partial charge in [-0.2, -0.15) is 4.98 Å². The molecule has 11 nitrogen and oxygen atoms in total. The van der Waals surface area contributed by atoms with Gasteiger partial charge < -0.3 is 31.1 Å². The lowest BCUT2D eigenvalue weighted by Crippen LogP contribution is -2.38. The van der Waals surface area contributed by atoms with Crippen molar-refractivity contribution in [2.45, 2.75) is 25.1 Å². The van der Waals surface area contributed by atoms with E-state index in [9.17, 15) is 14.7 Å². The molecule has 2 atom stereocenters. The molecule has 0 radical (unpaired) electrons. The number of nitrogens with two attached hydrogens (primary N) is 1. The number of nitrogens with one attached hydrogen (secondary N) is 2. The summed E-state index contributed by atoms with van der Waals surface area (Å²) in [6.07, 6.45) is 3.04. The summed E-state index contributed by atoms with van der Waals surface area (Å²) >= 11 is 0. The number of aromatic nitrogens is 3. The first-order valence-corrected chi connectivity index (χ1v) is 12.1. The molecule has 4 aromatic rings. The van der Waals surface area contributed by atoms with Gasteiger partial charge in [0.2, 0.25) is 5.95 Å². The maximum atomic E-state index is 12.7. The molecule has 3 heterocycles. The number of aliphatic hydroxyl groups is 1. The highest BCUT2D eigenvalue weighted by molar-refractivity contribution is 5.98. The molecule has 5 rings (SSSR count). The number of likely N-dealkylation sites (tertiary alicyclic amines) is 1. The van der Waals surface area contributed by atoms with Crippen LogP contribution in [0.4, 0.5) is 22.2 Å². The molecule has 1 aliphatic rings. The molecule has 2 aromatic carbocycles. The number of amides is 2. The molecule has 11 heteroatoms. The van der Waals surface area contributed by atoms with Gasteiger partial charge in [-0.1, -0.05) is 36.4 Å². The molecule has 2 aromatic heterocycles. The topological polar surface area (TPSA) is 156 Å². The van der Waals surface area contributed by atoms with Gasteiger partial charge in [-0.25, -0.2) is 9.78 Å². The lowest BCUT2D eigenvalue weighted by molar-refractivity contribution is 0.0794. The van der Waals surface area contributed by atoms with Crippen LogP contribution in [0.1, 0.15) is 22.3 Å². The molecular weight excluding hydrogens is 486 g/mol. The van der Waals surface area contributed by atoms with E-state index in [1.807, 2.05) is 60.7 Å². The van der Waals surface area contributed by atoms with E-state index in [2.05, 4.69) is 25.6 Å². The average Bonchev–Trinajstić information content (AvgIpc) is 3.35. The van der Waals surface area contributed by atoms with Crippen LogP contribution in [0.5, 0.6) is 0 Å². The Morgan fingerprint density at radius 2 is 1.95 bits per heavy atom. The number of nitrogens with zero attached hydrogens (tertiary/aromatic N) is 4. The number of carbonyl (C=O) groups is 2. The number of ether oxygens (including phenoxy) is 1. The number of hydrogen-bond donors (Lipinski definition) is 4. The number of anilines is 3. The molecule has 38 heavy (non-hydrogen) atoms. The van der Waals surface area contributed by atoms with Crippen LogP contribution < -0.4 is 16.4 Å². The monoisotopic (exact) mass is 513 g/mol. The van der Waals surface area contributed by atoms with E-state index in [0.29, 0.717) is 18.7 Å². The van der Waals surface area contributed by atoms with Gasteiger partial charge in [-0.15, -0.1) is 0 Å². The molecule has 0 saturated carbocycles. The highest BCUT2D eigenvalue weighted by Gasteiger charge is 2.36. The van der Waals surface area contributed by atoms with Gasteiger partial charge in [-0.05, 0) is 36.2 Å². The van der Waals surface area contributed by atoms with Crippen molar-refractivity contribution in [3.8, 4) is 0 Å². The Hall–Kier alpha value is -4.77. The molecule has 2 amide bonds. The number of primary amides is 1. The Morgan fingerprint density at radius 1 is 1.11 bits per heavy atom. The standard InChI is InChI=1S/C27H27N7O4/c28-24(36)22-13-30-26(33-25(22)31-19-8-9-23-18(11-19)7-4-10-29-23)32-20-12-21(15-35)34(14-20)27(37)38-16-17-5-2-1-3-6-17/h1-11,13,20-21,35H,12,14-16H2,(H2,28,36)(H2,30,31,32,33)/t20-,21-/m1/s1. The van der Waals surface area contributed by atoms with Crippen molar-refractivity contribution < 1.29 is 19.4 Å². The second-order valence-electron chi connectivity index (χ2n) is 8.96. The lowest BCUT2D eigenvalue weighted by Gasteiger charge is -2.22. The number of carbonyl (C=O) groups excluding carboxylic acids is 2. The molecule has 194 valence electrons. The van der Waals surface area contributed by atoms with Crippen LogP contribution in [0.15, 0.2) is 73.1 Å². The summed E-state index contributed by atoms with van der Waals surface area (Å²) in [6.45, 7) is 0.230. The van der Waals surface area contributed by atoms with Crippen LogP contribution in [-0.4, -0.2) is 62.2 Å². The minimum absolute atomic E-state index is 0.132. The van der Waals surface area contributed by atoms with Crippen LogP contribution in [-0.2, 0) is 11.3 Å². The number of fused-ring (bicyclic) bond motifs is 1. The average molecular weight is 514 g/mol. The van der Waals surface area contributed by atoms with Crippen molar-refractivity contribution in [1.82, 2.24) is 19.9 Å². The van der Waals surface area contributed by atoms with Gasteiger partial charge in [0.15, 0.2) is 0 Å². The Morgan fingerprint density at radius 3 is 2.74 bits per heavy atom. The number of pyridine rings is 1. The quantitative estimate of drug-likeness (QED) is 0.278. The third-order valence-electron chi connectivity index (χ3n) is 6.32. The zero-order valence-electron chi connectivity index (χ0n) is 20.4. The van der Waals surface area contributed by atoms with Crippen molar-refractivity contribution in [3.63, 3.8) is 0 Å². The lowest BCUT2D eigenvalue weighted by atomic mass is 10.2. The summed E-state index contributed by atoms with van der Waals surface area (Å²) in [5.74, 6) is -0.176. The number of aliphatic hydroxyl groups excluding tert-OH is 1. The van der Waals surface area contributed by atoms with E-state index in [4.69, 9.17) is 10.5 Å². The maximum absolute atomic E-state index is 12.7. The first-order valence-electron chi connectivity index (χ1n) is 12.1. The molecule has 0 bridgehead atoms. The number of rotatable bonds is 8. The Balaban J connectivity index is 1.29. The van der Waals surface area contributed by atoms with Crippen LogP contribution in [0, 0.1) is 0 Å². The largest absolute Gasteiger partial charge is 0.445 e. The van der Waals surface area contributed by atoms with Crippen molar-refractivity contribution in [1.29, 1.82) is 0 Å². The first-order chi connectivity index (χ1) is 18.5. The van der Waals surface area contributed by atoms with Gasteiger partial charge in [-0.3, -0.25) is 9.78 Å². The SMILES string of the molecule is NC(=O)c1cnc(N[C@@H]2C[C@H](CO)N(C(=O)OCc3ccccc3)C2)nc1Nc1ccc2ncccc2c1. The fraction of sp³-hybridized carbons (Fsp3) is 0.222. The summed E-state index contributed by atoms with van der Waals surface area (Å²) < 4.78 is 5.45. The van der Waals surface area contributed by atoms with E-state index in [1.54, 1.807) is 6.20 Å². The number of hydrogen-bond acceptors (Lipinski definition) is 9. The molecule has 0 spiro atoms. The number of benzene rings is 2. The highest BCUT2D eigenvalue weighted by atomic mass is 16.6. The van der Waals surface area contributed by atoms with Crippen molar-refractivity contribution in [3.05, 3.63) is 84.2 Å². The minimum Gasteiger partial charge on any atom is -0.445 e. The zero-order valence-corrected chi connectivity index (χ0v) is 20.4. The van der Waals surface area contributed by atoms with Crippen molar-refractivity contribution in [2.24, 2.45) is 5.73 Å². The van der Waals surface area contributed by atoms with E-state index in [0.717, 1.165) is 16.5 Å².